The summed E-state index contributed by atoms with van der Waals surface area (Å²) in [7, 11) is 0. The van der Waals surface area contributed by atoms with Crippen molar-refractivity contribution in [2.24, 2.45) is 0 Å². The van der Waals surface area contributed by atoms with E-state index in [1.807, 2.05) is 16.8 Å². The summed E-state index contributed by atoms with van der Waals surface area (Å²) in [5.74, 6) is 1.48. The van der Waals surface area contributed by atoms with Gasteiger partial charge in [-0.2, -0.15) is 0 Å². The normalized spacial score (nSPS) is 16.9. The van der Waals surface area contributed by atoms with E-state index in [1.165, 1.54) is 32.1 Å². The molecular weight excluding hydrogens is 238 g/mol. The third kappa shape index (κ3) is 2.25. The number of aromatic nitrogens is 3. The standard InChI is InChI=1S/C14H21N5/c1-2-19(11-6-4-3-5-7-11)14-13-16-8-9-18(13)10-12(15)17-14/h8-11H,2-7,15H2,1H3. The first-order chi connectivity index (χ1) is 9.29. The number of anilines is 2. The van der Waals surface area contributed by atoms with Crippen LogP contribution < -0.4 is 10.6 Å². The predicted molar refractivity (Wildman–Crippen MR) is 77.3 cm³/mol. The first-order valence-electron chi connectivity index (χ1n) is 7.15. The fourth-order valence-corrected chi connectivity index (χ4v) is 3.10. The molecule has 2 aromatic heterocycles. The van der Waals surface area contributed by atoms with Crippen LogP contribution in [-0.2, 0) is 0 Å². The Morgan fingerprint density at radius 1 is 1.37 bits per heavy atom. The number of nitrogen functional groups attached to an aromatic ring is 1. The third-order valence-electron chi connectivity index (χ3n) is 4.00. The zero-order valence-corrected chi connectivity index (χ0v) is 11.4. The SMILES string of the molecule is CCN(c1nc(N)cn2ccnc12)C1CCCCC1. The number of nitrogens with two attached hydrogens (primary N) is 1. The van der Waals surface area contributed by atoms with E-state index in [9.17, 15) is 0 Å². The number of nitrogens with zero attached hydrogens (tertiary/aromatic N) is 4. The zero-order chi connectivity index (χ0) is 13.2. The summed E-state index contributed by atoms with van der Waals surface area (Å²) >= 11 is 0. The van der Waals surface area contributed by atoms with Crippen LogP contribution in [0.3, 0.4) is 0 Å². The van der Waals surface area contributed by atoms with Crippen LogP contribution >= 0.6 is 0 Å². The minimum atomic E-state index is 0.551. The number of hydrogen-bond acceptors (Lipinski definition) is 4. The Labute approximate surface area is 113 Å². The Hall–Kier alpha value is -1.78. The van der Waals surface area contributed by atoms with Gasteiger partial charge < -0.3 is 15.0 Å². The first-order valence-corrected chi connectivity index (χ1v) is 7.15. The van der Waals surface area contributed by atoms with Crippen LogP contribution in [0.5, 0.6) is 0 Å². The van der Waals surface area contributed by atoms with Crippen molar-refractivity contribution in [2.75, 3.05) is 17.2 Å². The maximum Gasteiger partial charge on any atom is 0.180 e. The average Bonchev–Trinajstić information content (AvgIpc) is 2.89. The molecule has 2 heterocycles. The summed E-state index contributed by atoms with van der Waals surface area (Å²) in [5, 5.41) is 0. The molecule has 1 aliphatic carbocycles. The Morgan fingerprint density at radius 2 is 2.16 bits per heavy atom. The number of fused-ring (bicyclic) bond motifs is 1. The molecule has 0 atom stereocenters. The van der Waals surface area contributed by atoms with Gasteiger partial charge in [0.2, 0.25) is 0 Å². The molecule has 2 aromatic rings. The van der Waals surface area contributed by atoms with Gasteiger partial charge in [0.15, 0.2) is 11.5 Å². The molecule has 1 fully saturated rings. The molecule has 3 rings (SSSR count). The van der Waals surface area contributed by atoms with E-state index in [2.05, 4.69) is 21.8 Å². The van der Waals surface area contributed by atoms with Gasteiger partial charge in [-0.05, 0) is 19.8 Å². The molecule has 1 aliphatic rings. The highest BCUT2D eigenvalue weighted by atomic mass is 15.2. The van der Waals surface area contributed by atoms with Gasteiger partial charge in [0, 0.05) is 25.0 Å². The smallest absolute Gasteiger partial charge is 0.180 e. The van der Waals surface area contributed by atoms with Crippen molar-refractivity contribution in [1.82, 2.24) is 14.4 Å². The second-order valence-corrected chi connectivity index (χ2v) is 5.23. The molecule has 1 saturated carbocycles. The molecule has 19 heavy (non-hydrogen) atoms. The van der Waals surface area contributed by atoms with Gasteiger partial charge >= 0.3 is 0 Å². The van der Waals surface area contributed by atoms with Gasteiger partial charge in [-0.3, -0.25) is 0 Å². The molecule has 102 valence electrons. The summed E-state index contributed by atoms with van der Waals surface area (Å²) < 4.78 is 1.96. The molecule has 5 heteroatoms. The predicted octanol–water partition coefficient (Wildman–Crippen LogP) is 2.47. The van der Waals surface area contributed by atoms with E-state index in [1.54, 1.807) is 6.20 Å². The lowest BCUT2D eigenvalue weighted by Crippen LogP contribution is -2.37. The van der Waals surface area contributed by atoms with E-state index in [4.69, 9.17) is 5.73 Å². The quantitative estimate of drug-likeness (QED) is 0.920. The van der Waals surface area contributed by atoms with Crippen molar-refractivity contribution in [3.63, 3.8) is 0 Å². The van der Waals surface area contributed by atoms with Crippen molar-refractivity contribution in [3.05, 3.63) is 18.6 Å². The van der Waals surface area contributed by atoms with E-state index >= 15 is 0 Å². The molecule has 0 spiro atoms. The minimum absolute atomic E-state index is 0.551. The van der Waals surface area contributed by atoms with E-state index < -0.39 is 0 Å². The second-order valence-electron chi connectivity index (χ2n) is 5.23. The molecule has 5 nitrogen and oxygen atoms in total. The third-order valence-corrected chi connectivity index (χ3v) is 4.00. The van der Waals surface area contributed by atoms with E-state index in [0.29, 0.717) is 11.9 Å². The van der Waals surface area contributed by atoms with E-state index in [-0.39, 0.29) is 0 Å². The number of imidazole rings is 1. The summed E-state index contributed by atoms with van der Waals surface area (Å²) in [6, 6.07) is 0.577. The van der Waals surface area contributed by atoms with Crippen molar-refractivity contribution < 1.29 is 0 Å². The number of rotatable bonds is 3. The van der Waals surface area contributed by atoms with Gasteiger partial charge in [-0.15, -0.1) is 0 Å². The van der Waals surface area contributed by atoms with Crippen molar-refractivity contribution in [2.45, 2.75) is 45.1 Å². The Bertz CT molecular complexity index is 556. The topological polar surface area (TPSA) is 59.5 Å². The van der Waals surface area contributed by atoms with Gasteiger partial charge in [0.1, 0.15) is 5.82 Å². The Kier molecular flexibility index (Phi) is 3.27. The number of hydrogen-bond donors (Lipinski definition) is 1. The summed E-state index contributed by atoms with van der Waals surface area (Å²) in [5.41, 5.74) is 6.82. The largest absolute Gasteiger partial charge is 0.382 e. The first kappa shape index (κ1) is 12.3. The van der Waals surface area contributed by atoms with Crippen molar-refractivity contribution >= 4 is 17.3 Å². The monoisotopic (exact) mass is 259 g/mol. The van der Waals surface area contributed by atoms with Gasteiger partial charge in [0.25, 0.3) is 0 Å². The van der Waals surface area contributed by atoms with Crippen LogP contribution in [0.4, 0.5) is 11.6 Å². The van der Waals surface area contributed by atoms with Gasteiger partial charge in [-0.1, -0.05) is 19.3 Å². The van der Waals surface area contributed by atoms with Crippen LogP contribution in [-0.4, -0.2) is 27.0 Å². The summed E-state index contributed by atoms with van der Waals surface area (Å²) in [6.07, 6.45) is 12.0. The second kappa shape index (κ2) is 5.07. The average molecular weight is 259 g/mol. The maximum atomic E-state index is 5.92. The molecule has 0 aromatic carbocycles. The highest BCUT2D eigenvalue weighted by molar-refractivity contribution is 5.66. The summed E-state index contributed by atoms with van der Waals surface area (Å²) in [4.78, 5) is 11.3. The summed E-state index contributed by atoms with van der Waals surface area (Å²) in [6.45, 7) is 3.13. The lowest BCUT2D eigenvalue weighted by atomic mass is 9.94. The fourth-order valence-electron chi connectivity index (χ4n) is 3.10. The molecule has 0 radical (unpaired) electrons. The Morgan fingerprint density at radius 3 is 2.89 bits per heavy atom. The molecular formula is C14H21N5. The fraction of sp³-hybridized carbons (Fsp3) is 0.571. The molecule has 0 saturated heterocycles. The van der Waals surface area contributed by atoms with Crippen LogP contribution in [0.25, 0.3) is 5.65 Å². The highest BCUT2D eigenvalue weighted by Gasteiger charge is 2.23. The maximum absolute atomic E-state index is 5.92. The van der Waals surface area contributed by atoms with Crippen molar-refractivity contribution in [3.8, 4) is 0 Å². The molecule has 0 aliphatic heterocycles. The molecule has 0 unspecified atom stereocenters. The zero-order valence-electron chi connectivity index (χ0n) is 11.4. The Balaban J connectivity index is 2.02. The van der Waals surface area contributed by atoms with E-state index in [0.717, 1.165) is 18.0 Å². The highest BCUT2D eigenvalue weighted by Crippen LogP contribution is 2.28. The van der Waals surface area contributed by atoms with Crippen LogP contribution in [0.2, 0.25) is 0 Å². The van der Waals surface area contributed by atoms with Gasteiger partial charge in [-0.25, -0.2) is 9.97 Å². The molecule has 2 N–H and O–H groups in total. The molecule has 0 amide bonds. The lowest BCUT2D eigenvalue weighted by Gasteiger charge is -2.34. The van der Waals surface area contributed by atoms with Gasteiger partial charge in [0.05, 0.1) is 6.20 Å². The minimum Gasteiger partial charge on any atom is -0.382 e. The molecule has 0 bridgehead atoms. The van der Waals surface area contributed by atoms with Crippen LogP contribution in [0.1, 0.15) is 39.0 Å². The van der Waals surface area contributed by atoms with Crippen LogP contribution in [0.15, 0.2) is 18.6 Å². The van der Waals surface area contributed by atoms with Crippen molar-refractivity contribution in [1.29, 1.82) is 0 Å². The van der Waals surface area contributed by atoms with Crippen LogP contribution in [0, 0.1) is 0 Å². The lowest BCUT2D eigenvalue weighted by molar-refractivity contribution is 0.416.